The summed E-state index contributed by atoms with van der Waals surface area (Å²) >= 11 is 0. The van der Waals surface area contributed by atoms with E-state index in [2.05, 4.69) is 34.3 Å². The van der Waals surface area contributed by atoms with Crippen molar-refractivity contribution >= 4 is 17.5 Å². The van der Waals surface area contributed by atoms with Gasteiger partial charge in [0.15, 0.2) is 5.78 Å². The zero-order chi connectivity index (χ0) is 23.6. The molecule has 33 heavy (non-hydrogen) atoms. The van der Waals surface area contributed by atoms with Crippen LogP contribution in [0, 0.1) is 10.8 Å². The first-order chi connectivity index (χ1) is 15.7. The number of allylic oxidation sites excluding steroid dienone is 3. The highest BCUT2D eigenvalue weighted by Crippen LogP contribution is 2.49. The molecular weight excluding hydrogens is 418 g/mol. The number of rotatable bonds is 6. The van der Waals surface area contributed by atoms with Gasteiger partial charge in [0.05, 0.1) is 5.41 Å². The summed E-state index contributed by atoms with van der Waals surface area (Å²) in [5.41, 5.74) is 2.27. The first kappa shape index (κ1) is 23.2. The van der Waals surface area contributed by atoms with Crippen LogP contribution in [-0.2, 0) is 9.59 Å². The van der Waals surface area contributed by atoms with Gasteiger partial charge in [-0.05, 0) is 80.9 Å². The number of hydrogen-bond donors (Lipinski definition) is 2. The van der Waals surface area contributed by atoms with Crippen molar-refractivity contribution in [3.05, 3.63) is 41.9 Å². The van der Waals surface area contributed by atoms with Gasteiger partial charge in [0.25, 0.3) is 0 Å². The van der Waals surface area contributed by atoms with Gasteiger partial charge in [-0.15, -0.1) is 5.10 Å². The van der Waals surface area contributed by atoms with Crippen molar-refractivity contribution in [3.8, 4) is 0 Å². The van der Waals surface area contributed by atoms with Crippen molar-refractivity contribution in [3.63, 3.8) is 0 Å². The van der Waals surface area contributed by atoms with Gasteiger partial charge < -0.3 is 10.2 Å². The average Bonchev–Trinajstić information content (AvgIpc) is 3.45. The van der Waals surface area contributed by atoms with Crippen LogP contribution in [0.15, 0.2) is 41.9 Å². The fourth-order valence-corrected chi connectivity index (χ4v) is 5.22. The molecule has 0 aromatic carbocycles. The number of amides is 1. The third kappa shape index (κ3) is 4.73. The largest absolute Gasteiger partial charge is 0.315 e. The van der Waals surface area contributed by atoms with E-state index in [1.54, 1.807) is 12.2 Å². The molecule has 2 fully saturated rings. The SMILES string of the molecule is C=C(/C=C\C(=N)n1cnnn1)CN[C@]1(C)CC[C@@]2(CCN(C3=C(C)C(=O)CCC3)C2=O)CC1. The number of tetrazole rings is 1. The highest BCUT2D eigenvalue weighted by molar-refractivity contribution is 5.97. The molecule has 1 saturated heterocycles. The Morgan fingerprint density at radius 3 is 2.67 bits per heavy atom. The minimum atomic E-state index is -0.285. The third-order valence-corrected chi connectivity index (χ3v) is 7.63. The molecule has 1 saturated carbocycles. The highest BCUT2D eigenvalue weighted by atomic mass is 16.2. The van der Waals surface area contributed by atoms with E-state index in [4.69, 9.17) is 5.41 Å². The monoisotopic (exact) mass is 451 g/mol. The molecule has 0 radical (unpaired) electrons. The van der Waals surface area contributed by atoms with Crippen LogP contribution in [0.1, 0.15) is 65.2 Å². The topological polar surface area (TPSA) is 117 Å². The molecule has 1 aliphatic heterocycles. The number of hydrogen-bond acceptors (Lipinski definition) is 7. The Labute approximate surface area is 194 Å². The van der Waals surface area contributed by atoms with Crippen molar-refractivity contribution in [2.45, 2.75) is 70.8 Å². The lowest BCUT2D eigenvalue weighted by atomic mass is 9.67. The van der Waals surface area contributed by atoms with Gasteiger partial charge >= 0.3 is 0 Å². The number of likely N-dealkylation sites (tertiary alicyclic amines) is 1. The van der Waals surface area contributed by atoms with Crippen LogP contribution < -0.4 is 5.32 Å². The van der Waals surface area contributed by atoms with Crippen LogP contribution >= 0.6 is 0 Å². The summed E-state index contributed by atoms with van der Waals surface area (Å²) in [7, 11) is 0. The second-order valence-corrected chi connectivity index (χ2v) is 9.88. The van der Waals surface area contributed by atoms with E-state index in [0.717, 1.165) is 68.3 Å². The Balaban J connectivity index is 1.31. The van der Waals surface area contributed by atoms with Crippen LogP contribution in [0.25, 0.3) is 0 Å². The Kier molecular flexibility index (Phi) is 6.43. The number of Topliss-reactive ketones (excluding diaryl/α,β-unsaturated/α-hetero) is 1. The van der Waals surface area contributed by atoms with E-state index in [-0.39, 0.29) is 28.5 Å². The molecule has 1 spiro atoms. The summed E-state index contributed by atoms with van der Waals surface area (Å²) in [4.78, 5) is 27.5. The molecule has 1 aromatic heterocycles. The van der Waals surface area contributed by atoms with E-state index in [0.29, 0.717) is 13.0 Å². The average molecular weight is 452 g/mol. The Hall–Kier alpha value is -2.94. The number of ketones is 1. The van der Waals surface area contributed by atoms with Crippen LogP contribution in [-0.4, -0.2) is 61.3 Å². The van der Waals surface area contributed by atoms with Gasteiger partial charge in [-0.3, -0.25) is 15.0 Å². The van der Waals surface area contributed by atoms with Crippen LogP contribution in [0.5, 0.6) is 0 Å². The smallest absolute Gasteiger partial charge is 0.233 e. The van der Waals surface area contributed by atoms with E-state index in [1.807, 2.05) is 11.8 Å². The summed E-state index contributed by atoms with van der Waals surface area (Å²) in [6.45, 7) is 9.51. The van der Waals surface area contributed by atoms with Gasteiger partial charge in [0.2, 0.25) is 5.91 Å². The first-order valence-electron chi connectivity index (χ1n) is 11.7. The lowest BCUT2D eigenvalue weighted by Gasteiger charge is -2.43. The zero-order valence-electron chi connectivity index (χ0n) is 19.6. The normalized spacial score (nSPS) is 28.4. The fourth-order valence-electron chi connectivity index (χ4n) is 5.22. The lowest BCUT2D eigenvalue weighted by Crippen LogP contribution is -2.50. The molecule has 2 N–H and O–H groups in total. The molecule has 0 unspecified atom stereocenters. The van der Waals surface area contributed by atoms with Crippen molar-refractivity contribution in [2.75, 3.05) is 13.1 Å². The van der Waals surface area contributed by atoms with E-state index >= 15 is 0 Å². The quantitative estimate of drug-likeness (QED) is 0.390. The molecular formula is C24H33N7O2. The predicted molar refractivity (Wildman–Crippen MR) is 124 cm³/mol. The van der Waals surface area contributed by atoms with Crippen molar-refractivity contribution in [1.82, 2.24) is 30.4 Å². The fraction of sp³-hybridized carbons (Fsp3) is 0.583. The molecule has 0 atom stereocenters. The first-order valence-corrected chi connectivity index (χ1v) is 11.7. The number of nitrogens with one attached hydrogen (secondary N) is 2. The standard InChI is InChI=1S/C24H33N7O2/c1-17(7-8-21(25)31-16-27-28-29-31)15-26-23(3)9-11-24(12-10-23)13-14-30(22(24)33)19-5-4-6-20(32)18(19)2/h7-8,16,25-26H,1,4-6,9-15H2,2-3H3/b8-7-,25-21?/t23-,24+. The third-order valence-electron chi connectivity index (χ3n) is 7.63. The molecule has 3 aliphatic rings. The Morgan fingerprint density at radius 1 is 1.21 bits per heavy atom. The van der Waals surface area contributed by atoms with Crippen LogP contribution in [0.2, 0.25) is 0 Å². The summed E-state index contributed by atoms with van der Waals surface area (Å²) in [6.07, 6.45) is 11.5. The number of carbonyl (C=O) groups is 2. The van der Waals surface area contributed by atoms with Gasteiger partial charge in [0, 0.05) is 36.3 Å². The second-order valence-electron chi connectivity index (χ2n) is 9.88. The van der Waals surface area contributed by atoms with E-state index < -0.39 is 0 Å². The minimum absolute atomic E-state index is 0.0605. The molecule has 2 heterocycles. The van der Waals surface area contributed by atoms with Gasteiger partial charge in [0.1, 0.15) is 12.2 Å². The minimum Gasteiger partial charge on any atom is -0.315 e. The maximum Gasteiger partial charge on any atom is 0.233 e. The van der Waals surface area contributed by atoms with E-state index in [1.165, 1.54) is 11.0 Å². The number of carbonyl (C=O) groups excluding carboxylic acids is 2. The Bertz CT molecular complexity index is 1010. The van der Waals surface area contributed by atoms with E-state index in [9.17, 15) is 9.59 Å². The molecule has 1 aromatic rings. The summed E-state index contributed by atoms with van der Waals surface area (Å²) in [6, 6.07) is 0. The molecule has 2 aliphatic carbocycles. The Morgan fingerprint density at radius 2 is 1.97 bits per heavy atom. The highest BCUT2D eigenvalue weighted by Gasteiger charge is 2.51. The van der Waals surface area contributed by atoms with Crippen molar-refractivity contribution < 1.29 is 9.59 Å². The van der Waals surface area contributed by atoms with Gasteiger partial charge in [-0.25, -0.2) is 0 Å². The van der Waals surface area contributed by atoms with Crippen molar-refractivity contribution in [1.29, 1.82) is 5.41 Å². The van der Waals surface area contributed by atoms with Crippen LogP contribution in [0.4, 0.5) is 0 Å². The lowest BCUT2D eigenvalue weighted by molar-refractivity contribution is -0.137. The zero-order valence-corrected chi connectivity index (χ0v) is 19.6. The second kappa shape index (κ2) is 9.13. The summed E-state index contributed by atoms with van der Waals surface area (Å²) in [5, 5.41) is 22.3. The predicted octanol–water partition coefficient (Wildman–Crippen LogP) is 2.78. The summed E-state index contributed by atoms with van der Waals surface area (Å²) < 4.78 is 1.28. The number of nitrogens with zero attached hydrogens (tertiary/aromatic N) is 5. The molecule has 9 heteroatoms. The maximum absolute atomic E-state index is 13.5. The molecule has 9 nitrogen and oxygen atoms in total. The molecule has 1 amide bonds. The van der Waals surface area contributed by atoms with Crippen molar-refractivity contribution in [2.24, 2.45) is 5.41 Å². The van der Waals surface area contributed by atoms with Gasteiger partial charge in [-0.2, -0.15) is 4.68 Å². The summed E-state index contributed by atoms with van der Waals surface area (Å²) in [5.74, 6) is 0.580. The van der Waals surface area contributed by atoms with Gasteiger partial charge in [-0.1, -0.05) is 12.7 Å². The number of aromatic nitrogens is 4. The molecule has 4 rings (SSSR count). The van der Waals surface area contributed by atoms with Crippen LogP contribution in [0.3, 0.4) is 0 Å². The molecule has 0 bridgehead atoms. The maximum atomic E-state index is 13.5. The molecule has 176 valence electrons.